The van der Waals surface area contributed by atoms with E-state index in [-0.39, 0.29) is 5.97 Å². The van der Waals surface area contributed by atoms with Crippen molar-refractivity contribution < 1.29 is 9.53 Å². The second kappa shape index (κ2) is 4.63. The van der Waals surface area contributed by atoms with Crippen LogP contribution in [0.4, 0.5) is 0 Å². The number of benzene rings is 1. The molecule has 0 aliphatic heterocycles. The lowest BCUT2D eigenvalue weighted by molar-refractivity contribution is 0.0590. The highest BCUT2D eigenvalue weighted by molar-refractivity contribution is 6.30. The summed E-state index contributed by atoms with van der Waals surface area (Å²) in [5.41, 5.74) is 2.50. The van der Waals surface area contributed by atoms with Crippen molar-refractivity contribution in [2.45, 2.75) is 0 Å². The highest BCUT2D eigenvalue weighted by Gasteiger charge is 2.12. The zero-order valence-electron chi connectivity index (χ0n) is 9.61. The Balaban J connectivity index is 2.41. The molecular weight excluding hydrogens is 238 g/mol. The van der Waals surface area contributed by atoms with Crippen molar-refractivity contribution in [3.8, 4) is 11.1 Å². The molecule has 0 fully saturated rings. The molecule has 0 unspecified atom stereocenters. The van der Waals surface area contributed by atoms with E-state index in [2.05, 4.69) is 0 Å². The third-order valence-corrected chi connectivity index (χ3v) is 2.83. The summed E-state index contributed by atoms with van der Waals surface area (Å²) >= 11 is 5.83. The fraction of sp³-hybridized carbons (Fsp3) is 0.154. The molecule has 3 nitrogen and oxygen atoms in total. The Morgan fingerprint density at radius 3 is 2.47 bits per heavy atom. The maximum absolute atomic E-state index is 11.5. The number of methoxy groups -OCH3 is 1. The SMILES string of the molecule is COC(=O)c1cc(-c2ccc(Cl)cc2)cn1C. The Kier molecular flexibility index (Phi) is 3.20. The zero-order chi connectivity index (χ0) is 12.4. The van der Waals surface area contributed by atoms with Crippen LogP contribution in [0.15, 0.2) is 36.5 Å². The molecule has 88 valence electrons. The van der Waals surface area contributed by atoms with Gasteiger partial charge in [0.2, 0.25) is 0 Å². The normalized spacial score (nSPS) is 10.3. The van der Waals surface area contributed by atoms with Crippen LogP contribution in [0.5, 0.6) is 0 Å². The first kappa shape index (κ1) is 11.7. The van der Waals surface area contributed by atoms with E-state index < -0.39 is 0 Å². The first-order valence-electron chi connectivity index (χ1n) is 5.12. The van der Waals surface area contributed by atoms with Gasteiger partial charge in [0.05, 0.1) is 7.11 Å². The zero-order valence-corrected chi connectivity index (χ0v) is 10.4. The Morgan fingerprint density at radius 1 is 1.24 bits per heavy atom. The molecule has 0 N–H and O–H groups in total. The molecule has 2 aromatic rings. The lowest BCUT2D eigenvalue weighted by Gasteiger charge is -1.98. The summed E-state index contributed by atoms with van der Waals surface area (Å²) in [5.74, 6) is -0.340. The smallest absolute Gasteiger partial charge is 0.354 e. The summed E-state index contributed by atoms with van der Waals surface area (Å²) in [7, 11) is 3.18. The molecule has 17 heavy (non-hydrogen) atoms. The van der Waals surface area contributed by atoms with Crippen LogP contribution in [0.25, 0.3) is 11.1 Å². The van der Waals surface area contributed by atoms with Gasteiger partial charge in [0.15, 0.2) is 0 Å². The van der Waals surface area contributed by atoms with Crippen molar-refractivity contribution in [2.75, 3.05) is 7.11 Å². The number of aryl methyl sites for hydroxylation is 1. The lowest BCUT2D eigenvalue weighted by Crippen LogP contribution is -2.06. The fourth-order valence-corrected chi connectivity index (χ4v) is 1.80. The molecule has 4 heteroatoms. The standard InChI is InChI=1S/C13H12ClNO2/c1-15-8-10(7-12(15)13(16)17-2)9-3-5-11(14)6-4-9/h3-8H,1-2H3. The molecular formula is C13H12ClNO2. The average Bonchev–Trinajstić information content (AvgIpc) is 2.71. The number of rotatable bonds is 2. The van der Waals surface area contributed by atoms with Crippen molar-refractivity contribution in [2.24, 2.45) is 7.05 Å². The minimum Gasteiger partial charge on any atom is -0.464 e. The van der Waals surface area contributed by atoms with Gasteiger partial charge in [-0.25, -0.2) is 4.79 Å². The second-order valence-electron chi connectivity index (χ2n) is 3.72. The van der Waals surface area contributed by atoms with Crippen molar-refractivity contribution in [3.05, 3.63) is 47.2 Å². The predicted octanol–water partition coefficient (Wildman–Crippen LogP) is 3.13. The number of halogens is 1. The number of hydrogen-bond donors (Lipinski definition) is 0. The van der Waals surface area contributed by atoms with Gasteiger partial charge in [-0.05, 0) is 23.8 Å². The summed E-state index contributed by atoms with van der Waals surface area (Å²) < 4.78 is 6.45. The first-order chi connectivity index (χ1) is 8.11. The topological polar surface area (TPSA) is 31.2 Å². The molecule has 0 atom stereocenters. The largest absolute Gasteiger partial charge is 0.464 e. The number of esters is 1. The molecule has 2 rings (SSSR count). The van der Waals surface area contributed by atoms with E-state index in [4.69, 9.17) is 16.3 Å². The molecule has 1 heterocycles. The summed E-state index contributed by atoms with van der Waals surface area (Å²) in [6, 6.07) is 9.27. The first-order valence-corrected chi connectivity index (χ1v) is 5.50. The van der Waals surface area contributed by atoms with Gasteiger partial charge < -0.3 is 9.30 Å². The summed E-state index contributed by atoms with van der Waals surface area (Å²) in [4.78, 5) is 11.5. The van der Waals surface area contributed by atoms with Crippen molar-refractivity contribution in [1.29, 1.82) is 0 Å². The highest BCUT2D eigenvalue weighted by atomic mass is 35.5. The Bertz CT molecular complexity index is 543. The van der Waals surface area contributed by atoms with Gasteiger partial charge in [0.1, 0.15) is 5.69 Å². The van der Waals surface area contributed by atoms with Crippen LogP contribution in [0.3, 0.4) is 0 Å². The number of hydrogen-bond acceptors (Lipinski definition) is 2. The third-order valence-electron chi connectivity index (χ3n) is 2.58. The predicted molar refractivity (Wildman–Crippen MR) is 67.2 cm³/mol. The van der Waals surface area contributed by atoms with Crippen molar-refractivity contribution >= 4 is 17.6 Å². The Morgan fingerprint density at radius 2 is 1.88 bits per heavy atom. The van der Waals surface area contributed by atoms with Gasteiger partial charge in [0, 0.05) is 23.8 Å². The molecule has 0 spiro atoms. The number of nitrogens with zero attached hydrogens (tertiary/aromatic N) is 1. The third kappa shape index (κ3) is 2.34. The van der Waals surface area contributed by atoms with E-state index in [0.717, 1.165) is 11.1 Å². The number of aromatic nitrogens is 1. The molecule has 0 aliphatic rings. The summed E-state index contributed by atoms with van der Waals surface area (Å²) in [6.45, 7) is 0. The van der Waals surface area contributed by atoms with Crippen LogP contribution >= 0.6 is 11.6 Å². The van der Waals surface area contributed by atoms with Gasteiger partial charge in [-0.3, -0.25) is 0 Å². The van der Waals surface area contributed by atoms with Gasteiger partial charge in [-0.1, -0.05) is 23.7 Å². The summed E-state index contributed by atoms with van der Waals surface area (Å²) in [5, 5.41) is 0.692. The minimum atomic E-state index is -0.340. The van der Waals surface area contributed by atoms with E-state index in [1.54, 1.807) is 10.6 Å². The van der Waals surface area contributed by atoms with Crippen molar-refractivity contribution in [3.63, 3.8) is 0 Å². The van der Waals surface area contributed by atoms with Gasteiger partial charge >= 0.3 is 5.97 Å². The second-order valence-corrected chi connectivity index (χ2v) is 4.16. The fourth-order valence-electron chi connectivity index (χ4n) is 1.67. The average molecular weight is 250 g/mol. The van der Waals surface area contributed by atoms with E-state index >= 15 is 0 Å². The van der Waals surface area contributed by atoms with E-state index in [1.807, 2.05) is 37.5 Å². The quantitative estimate of drug-likeness (QED) is 0.766. The minimum absolute atomic E-state index is 0.340. The van der Waals surface area contributed by atoms with Crippen LogP contribution < -0.4 is 0 Å². The van der Waals surface area contributed by atoms with E-state index in [9.17, 15) is 4.79 Å². The van der Waals surface area contributed by atoms with Crippen LogP contribution in [-0.2, 0) is 11.8 Å². The molecule has 0 saturated carbocycles. The van der Waals surface area contributed by atoms with Crippen LogP contribution in [0.1, 0.15) is 10.5 Å². The molecule has 1 aromatic carbocycles. The molecule has 0 saturated heterocycles. The molecule has 0 bridgehead atoms. The van der Waals surface area contributed by atoms with Gasteiger partial charge in [0.25, 0.3) is 0 Å². The number of carbonyl (C=O) groups excluding carboxylic acids is 1. The molecule has 0 aliphatic carbocycles. The monoisotopic (exact) mass is 249 g/mol. The van der Waals surface area contributed by atoms with Gasteiger partial charge in [-0.2, -0.15) is 0 Å². The van der Waals surface area contributed by atoms with Crippen LogP contribution in [-0.4, -0.2) is 17.6 Å². The van der Waals surface area contributed by atoms with Crippen LogP contribution in [0.2, 0.25) is 5.02 Å². The van der Waals surface area contributed by atoms with E-state index in [0.29, 0.717) is 10.7 Å². The molecule has 0 amide bonds. The van der Waals surface area contributed by atoms with E-state index in [1.165, 1.54) is 7.11 Å². The molecule has 0 radical (unpaired) electrons. The Hall–Kier alpha value is -1.74. The van der Waals surface area contributed by atoms with Crippen molar-refractivity contribution in [1.82, 2.24) is 4.57 Å². The van der Waals surface area contributed by atoms with Crippen LogP contribution in [0, 0.1) is 0 Å². The summed E-state index contributed by atoms with van der Waals surface area (Å²) in [6.07, 6.45) is 1.88. The maximum Gasteiger partial charge on any atom is 0.354 e. The molecule has 1 aromatic heterocycles. The maximum atomic E-state index is 11.5. The lowest BCUT2D eigenvalue weighted by atomic mass is 10.1. The number of carbonyl (C=O) groups is 1. The number of ether oxygens (including phenoxy) is 1. The highest BCUT2D eigenvalue weighted by Crippen LogP contribution is 2.23. The Labute approximate surface area is 105 Å². The van der Waals surface area contributed by atoms with Gasteiger partial charge in [-0.15, -0.1) is 0 Å².